The number of carbonyl (C=O) groups is 3. The van der Waals surface area contributed by atoms with Gasteiger partial charge in [-0.2, -0.15) is 4.98 Å². The molecule has 0 fully saturated rings. The first-order chi connectivity index (χ1) is 13.2. The lowest BCUT2D eigenvalue weighted by molar-refractivity contribution is -0.141. The Kier molecular flexibility index (Phi) is 6.84. The highest BCUT2D eigenvalue weighted by molar-refractivity contribution is 6.30. The zero-order chi connectivity index (χ0) is 20.8. The Labute approximate surface area is 163 Å². The number of nitrogens with one attached hydrogen (secondary N) is 2. The van der Waals surface area contributed by atoms with Gasteiger partial charge in [0.2, 0.25) is 17.6 Å². The molecule has 0 aliphatic heterocycles. The quantitative estimate of drug-likeness (QED) is 0.391. The molecule has 28 heavy (non-hydrogen) atoms. The Hall–Kier alpha value is -3.25. The van der Waals surface area contributed by atoms with Crippen LogP contribution in [-0.2, 0) is 9.59 Å². The second-order valence-electron chi connectivity index (χ2n) is 5.71. The molecule has 2 unspecified atom stereocenters. The maximum absolute atomic E-state index is 12.1. The molecule has 12 nitrogen and oxygen atoms in total. The standard InChI is InChI=1S/C15H17ClN6O6/c1-6(23)11(14(25)26)20-15(27)19-9(5-10(17)24)13-21-12(22-28-13)8-4-7(16)2-3-18-8/h2-4,6,9,11,23H,5H2,1H3,(H2,17,24)(H,25,26)(H2,19,20,27)/t6?,9-,11?/m0/s1. The third-order valence-electron chi connectivity index (χ3n) is 3.44. The van der Waals surface area contributed by atoms with Gasteiger partial charge in [0, 0.05) is 11.2 Å². The third kappa shape index (κ3) is 5.62. The molecule has 0 spiro atoms. The van der Waals surface area contributed by atoms with E-state index >= 15 is 0 Å². The smallest absolute Gasteiger partial charge is 0.328 e. The second kappa shape index (κ2) is 9.10. The lowest BCUT2D eigenvalue weighted by Crippen LogP contribution is -2.52. The van der Waals surface area contributed by atoms with Crippen molar-refractivity contribution in [3.8, 4) is 11.5 Å². The van der Waals surface area contributed by atoms with Crippen LogP contribution in [0.1, 0.15) is 25.3 Å². The van der Waals surface area contributed by atoms with E-state index in [1.807, 2.05) is 0 Å². The first kappa shape index (κ1) is 21.1. The molecule has 0 saturated carbocycles. The summed E-state index contributed by atoms with van der Waals surface area (Å²) in [5, 5.41) is 26.9. The number of aliphatic hydroxyl groups is 1. The number of primary amides is 1. The van der Waals surface area contributed by atoms with Crippen molar-refractivity contribution >= 4 is 29.5 Å². The van der Waals surface area contributed by atoms with Crippen molar-refractivity contribution < 1.29 is 29.1 Å². The normalized spacial score (nSPS) is 14.0. The Morgan fingerprint density at radius 2 is 2.07 bits per heavy atom. The van der Waals surface area contributed by atoms with E-state index in [4.69, 9.17) is 27.0 Å². The van der Waals surface area contributed by atoms with Crippen molar-refractivity contribution in [1.82, 2.24) is 25.8 Å². The van der Waals surface area contributed by atoms with E-state index in [1.54, 1.807) is 6.07 Å². The minimum absolute atomic E-state index is 0.0570. The average Bonchev–Trinajstić information content (AvgIpc) is 3.08. The summed E-state index contributed by atoms with van der Waals surface area (Å²) < 4.78 is 5.06. The largest absolute Gasteiger partial charge is 0.480 e. The molecule has 0 bridgehead atoms. The van der Waals surface area contributed by atoms with E-state index in [0.717, 1.165) is 0 Å². The fourth-order valence-corrected chi connectivity index (χ4v) is 2.30. The zero-order valence-electron chi connectivity index (χ0n) is 14.5. The van der Waals surface area contributed by atoms with E-state index in [2.05, 4.69) is 25.8 Å². The van der Waals surface area contributed by atoms with Crippen LogP contribution in [0.25, 0.3) is 11.5 Å². The minimum Gasteiger partial charge on any atom is -0.480 e. The minimum atomic E-state index is -1.57. The number of rotatable bonds is 8. The monoisotopic (exact) mass is 412 g/mol. The first-order valence-electron chi connectivity index (χ1n) is 7.89. The molecule has 0 aliphatic rings. The Morgan fingerprint density at radius 3 is 2.64 bits per heavy atom. The highest BCUT2D eigenvalue weighted by atomic mass is 35.5. The topological polar surface area (TPSA) is 194 Å². The molecule has 0 aliphatic carbocycles. The highest BCUT2D eigenvalue weighted by Crippen LogP contribution is 2.21. The zero-order valence-corrected chi connectivity index (χ0v) is 15.3. The number of aliphatic hydroxyl groups excluding tert-OH is 1. The Balaban J connectivity index is 2.19. The van der Waals surface area contributed by atoms with Crippen molar-refractivity contribution in [3.63, 3.8) is 0 Å². The molecular weight excluding hydrogens is 396 g/mol. The van der Waals surface area contributed by atoms with Crippen LogP contribution in [0.4, 0.5) is 4.79 Å². The summed E-state index contributed by atoms with van der Waals surface area (Å²) in [5.41, 5.74) is 5.47. The Morgan fingerprint density at radius 1 is 1.36 bits per heavy atom. The molecular formula is C15H17ClN6O6. The van der Waals surface area contributed by atoms with E-state index in [9.17, 15) is 19.5 Å². The van der Waals surface area contributed by atoms with Crippen LogP contribution in [0, 0.1) is 0 Å². The molecule has 6 N–H and O–H groups in total. The van der Waals surface area contributed by atoms with Gasteiger partial charge in [0.05, 0.1) is 12.5 Å². The van der Waals surface area contributed by atoms with Crippen LogP contribution in [-0.4, -0.2) is 55.4 Å². The second-order valence-corrected chi connectivity index (χ2v) is 6.15. The predicted molar refractivity (Wildman–Crippen MR) is 93.9 cm³/mol. The van der Waals surface area contributed by atoms with Gasteiger partial charge in [-0.15, -0.1) is 0 Å². The van der Waals surface area contributed by atoms with Crippen molar-refractivity contribution in [2.24, 2.45) is 5.73 Å². The van der Waals surface area contributed by atoms with E-state index < -0.39 is 42.5 Å². The maximum Gasteiger partial charge on any atom is 0.328 e. The van der Waals surface area contributed by atoms with Crippen LogP contribution in [0.5, 0.6) is 0 Å². The summed E-state index contributed by atoms with van der Waals surface area (Å²) in [7, 11) is 0. The third-order valence-corrected chi connectivity index (χ3v) is 3.67. The lowest BCUT2D eigenvalue weighted by Gasteiger charge is -2.19. The first-order valence-corrected chi connectivity index (χ1v) is 8.27. The van der Waals surface area contributed by atoms with Gasteiger partial charge in [-0.3, -0.25) is 9.78 Å². The van der Waals surface area contributed by atoms with Crippen LogP contribution in [0.2, 0.25) is 5.02 Å². The van der Waals surface area contributed by atoms with Gasteiger partial charge in [0.1, 0.15) is 11.7 Å². The Bertz CT molecular complexity index is 872. The number of hydrogen-bond acceptors (Lipinski definition) is 8. The van der Waals surface area contributed by atoms with Crippen LogP contribution in [0.3, 0.4) is 0 Å². The predicted octanol–water partition coefficient (Wildman–Crippen LogP) is -0.165. The molecule has 0 saturated heterocycles. The van der Waals surface area contributed by atoms with Gasteiger partial charge in [-0.05, 0) is 19.1 Å². The number of hydrogen-bond donors (Lipinski definition) is 5. The molecule has 3 atom stereocenters. The van der Waals surface area contributed by atoms with Gasteiger partial charge in [-0.25, -0.2) is 9.59 Å². The van der Waals surface area contributed by atoms with E-state index in [0.29, 0.717) is 10.7 Å². The van der Waals surface area contributed by atoms with Crippen LogP contribution < -0.4 is 16.4 Å². The summed E-state index contributed by atoms with van der Waals surface area (Å²) in [4.78, 5) is 42.6. The number of nitrogens with two attached hydrogens (primary N) is 1. The fourth-order valence-electron chi connectivity index (χ4n) is 2.14. The number of amides is 3. The van der Waals surface area contributed by atoms with Crippen molar-refractivity contribution in [2.75, 3.05) is 0 Å². The van der Waals surface area contributed by atoms with Crippen LogP contribution in [0.15, 0.2) is 22.9 Å². The fraction of sp³-hybridized carbons (Fsp3) is 0.333. The lowest BCUT2D eigenvalue weighted by atomic mass is 10.2. The summed E-state index contributed by atoms with van der Waals surface area (Å²) in [6, 6.07) is -0.654. The number of nitrogens with zero attached hydrogens (tertiary/aromatic N) is 3. The number of carboxylic acids is 1. The van der Waals surface area contributed by atoms with E-state index in [-0.39, 0.29) is 11.7 Å². The molecule has 0 radical (unpaired) electrons. The van der Waals surface area contributed by atoms with Gasteiger partial charge in [0.25, 0.3) is 0 Å². The van der Waals surface area contributed by atoms with Crippen molar-refractivity contribution in [3.05, 3.63) is 29.2 Å². The molecule has 2 aromatic heterocycles. The number of pyridine rings is 1. The highest BCUT2D eigenvalue weighted by Gasteiger charge is 2.28. The van der Waals surface area contributed by atoms with E-state index in [1.165, 1.54) is 19.2 Å². The average molecular weight is 413 g/mol. The van der Waals surface area contributed by atoms with Gasteiger partial charge in [-0.1, -0.05) is 16.8 Å². The SMILES string of the molecule is CC(O)C(NC(=O)N[C@@H](CC(N)=O)c1nc(-c2cc(Cl)ccn2)no1)C(=O)O. The number of carbonyl (C=O) groups excluding carboxylic acids is 2. The van der Waals surface area contributed by atoms with Gasteiger partial charge < -0.3 is 31.1 Å². The number of aromatic nitrogens is 3. The number of halogens is 1. The van der Waals surface area contributed by atoms with Gasteiger partial charge in [0.15, 0.2) is 6.04 Å². The summed E-state index contributed by atoms with van der Waals surface area (Å²) in [6.07, 6.45) is -0.325. The number of carboxylic acid groups (broad SMARTS) is 1. The van der Waals surface area contributed by atoms with Crippen molar-refractivity contribution in [1.29, 1.82) is 0 Å². The number of urea groups is 1. The molecule has 13 heteroatoms. The molecule has 2 rings (SSSR count). The summed E-state index contributed by atoms with van der Waals surface area (Å²) >= 11 is 5.88. The van der Waals surface area contributed by atoms with Crippen LogP contribution >= 0.6 is 11.6 Å². The molecule has 2 heterocycles. The molecule has 0 aromatic carbocycles. The number of aliphatic carboxylic acids is 1. The molecule has 3 amide bonds. The van der Waals surface area contributed by atoms with Crippen molar-refractivity contribution in [2.45, 2.75) is 31.5 Å². The maximum atomic E-state index is 12.1. The summed E-state index contributed by atoms with van der Waals surface area (Å²) in [5.74, 6) is -2.32. The summed E-state index contributed by atoms with van der Waals surface area (Å²) in [6.45, 7) is 1.20. The molecule has 150 valence electrons. The molecule has 2 aromatic rings. The van der Waals surface area contributed by atoms with Gasteiger partial charge >= 0.3 is 12.0 Å².